The molecule has 11 heteroatoms. The highest BCUT2D eigenvalue weighted by Gasteiger charge is 2.38. The van der Waals surface area contributed by atoms with Crippen LogP contribution in [0.15, 0.2) is 54.4 Å². The molecule has 1 aliphatic heterocycles. The summed E-state index contributed by atoms with van der Waals surface area (Å²) in [5, 5.41) is 27.8. The molecule has 2 atom stereocenters. The number of aliphatic hydroxyl groups excluding tert-OH is 2. The van der Waals surface area contributed by atoms with Gasteiger partial charge in [0, 0.05) is 31.0 Å². The van der Waals surface area contributed by atoms with Crippen molar-refractivity contribution in [2.45, 2.75) is 64.8 Å². The van der Waals surface area contributed by atoms with Gasteiger partial charge in [0.05, 0.1) is 11.9 Å². The van der Waals surface area contributed by atoms with E-state index in [0.29, 0.717) is 48.7 Å². The van der Waals surface area contributed by atoms with Gasteiger partial charge in [0.15, 0.2) is 17.6 Å². The van der Waals surface area contributed by atoms with E-state index in [-0.39, 0.29) is 23.2 Å². The number of nitrogen functional groups attached to an aromatic ring is 1. The molecule has 0 fully saturated rings. The van der Waals surface area contributed by atoms with E-state index < -0.39 is 12.3 Å². The maximum absolute atomic E-state index is 12.4. The fourth-order valence-corrected chi connectivity index (χ4v) is 4.51. The van der Waals surface area contributed by atoms with Gasteiger partial charge >= 0.3 is 6.03 Å². The van der Waals surface area contributed by atoms with E-state index in [1.54, 1.807) is 16.8 Å². The van der Waals surface area contributed by atoms with Gasteiger partial charge in [-0.05, 0) is 49.4 Å². The zero-order valence-electron chi connectivity index (χ0n) is 23.2. The molecule has 0 radical (unpaired) electrons. The summed E-state index contributed by atoms with van der Waals surface area (Å²) in [6.45, 7) is 12.0. The predicted molar refractivity (Wildman–Crippen MR) is 151 cm³/mol. The van der Waals surface area contributed by atoms with Crippen LogP contribution in [0.5, 0.6) is 0 Å². The lowest BCUT2D eigenvalue weighted by Crippen LogP contribution is -2.36. The summed E-state index contributed by atoms with van der Waals surface area (Å²) in [7, 11) is 0. The highest BCUT2D eigenvalue weighted by atomic mass is 16.5. The molecule has 11 nitrogen and oxygen atoms in total. The Bertz CT molecular complexity index is 1330. The van der Waals surface area contributed by atoms with Crippen molar-refractivity contribution in [1.29, 1.82) is 0 Å². The summed E-state index contributed by atoms with van der Waals surface area (Å²) in [6.07, 6.45) is 1.62. The number of nitrogens with zero attached hydrogens (tertiary/aromatic N) is 4. The number of carbonyl (C=O) groups excluding carboxylic acids is 1. The molecule has 1 aromatic carbocycles. The standard InChI is InChI=1S/C28H39N7O4/c1-17(2)34(13-6-12-30-27(38)33-19-9-7-18(8-10-19)28(3,4)5)15-21-22(36)23(37)26(39-21)35-14-11-20-24(29)31-16-32-25(20)35/h7-11,14,16-17,23,26,36-37H,6,12-13,15H2,1-5H3,(H2,29,31,32)(H2,30,33,38)/t23?,26-/m1/s1. The van der Waals surface area contributed by atoms with Crippen LogP contribution in [0.4, 0.5) is 16.3 Å². The van der Waals surface area contributed by atoms with Crippen LogP contribution < -0.4 is 16.4 Å². The molecule has 3 heterocycles. The van der Waals surface area contributed by atoms with E-state index in [1.165, 1.54) is 11.9 Å². The number of anilines is 2. The first-order valence-electron chi connectivity index (χ1n) is 13.2. The molecule has 1 aliphatic rings. The van der Waals surface area contributed by atoms with Gasteiger partial charge in [0.25, 0.3) is 0 Å². The fraction of sp³-hybridized carbons (Fsp3) is 0.464. The van der Waals surface area contributed by atoms with Gasteiger partial charge in [-0.15, -0.1) is 0 Å². The summed E-state index contributed by atoms with van der Waals surface area (Å²) in [6, 6.07) is 9.48. The van der Waals surface area contributed by atoms with E-state index in [9.17, 15) is 15.0 Å². The number of hydrogen-bond acceptors (Lipinski definition) is 8. The van der Waals surface area contributed by atoms with Crippen LogP contribution in [0.25, 0.3) is 11.0 Å². The number of benzene rings is 1. The Hall–Kier alpha value is -3.83. The second-order valence-electron chi connectivity index (χ2n) is 11.1. The van der Waals surface area contributed by atoms with E-state index in [4.69, 9.17) is 10.5 Å². The van der Waals surface area contributed by atoms with Crippen LogP contribution >= 0.6 is 0 Å². The third-order valence-corrected chi connectivity index (χ3v) is 6.91. The third-order valence-electron chi connectivity index (χ3n) is 6.91. The molecule has 0 bridgehead atoms. The molecular weight excluding hydrogens is 498 g/mol. The average molecular weight is 538 g/mol. The number of carbonyl (C=O) groups is 1. The third kappa shape index (κ3) is 6.43. The maximum atomic E-state index is 12.4. The first-order valence-corrected chi connectivity index (χ1v) is 13.2. The second-order valence-corrected chi connectivity index (χ2v) is 11.1. The Kier molecular flexibility index (Phi) is 8.31. The minimum Gasteiger partial charge on any atom is -0.506 e. The largest absolute Gasteiger partial charge is 0.506 e. The second kappa shape index (κ2) is 11.5. The van der Waals surface area contributed by atoms with Gasteiger partial charge in [-0.2, -0.15) is 0 Å². The molecule has 1 unspecified atom stereocenters. The molecule has 0 saturated heterocycles. The van der Waals surface area contributed by atoms with Gasteiger partial charge < -0.3 is 31.3 Å². The van der Waals surface area contributed by atoms with Crippen LogP contribution in [-0.2, 0) is 10.2 Å². The Morgan fingerprint density at radius 1 is 1.21 bits per heavy atom. The van der Waals surface area contributed by atoms with Gasteiger partial charge in [0.2, 0.25) is 6.23 Å². The Labute approximate surface area is 228 Å². The number of nitrogens with one attached hydrogen (secondary N) is 2. The first-order chi connectivity index (χ1) is 18.5. The van der Waals surface area contributed by atoms with Crippen LogP contribution in [0.1, 0.15) is 52.8 Å². The lowest BCUT2D eigenvalue weighted by Gasteiger charge is -2.27. The Balaban J connectivity index is 1.29. The molecule has 210 valence electrons. The number of rotatable bonds is 9. The van der Waals surface area contributed by atoms with Crippen LogP contribution in [0.2, 0.25) is 0 Å². The van der Waals surface area contributed by atoms with Crippen molar-refractivity contribution in [3.8, 4) is 0 Å². The molecule has 2 amide bonds. The lowest BCUT2D eigenvalue weighted by atomic mass is 9.87. The molecule has 6 N–H and O–H groups in total. The van der Waals surface area contributed by atoms with E-state index >= 15 is 0 Å². The smallest absolute Gasteiger partial charge is 0.319 e. The number of amides is 2. The van der Waals surface area contributed by atoms with Crippen LogP contribution in [0.3, 0.4) is 0 Å². The normalized spacial score (nSPS) is 17.7. The quantitative estimate of drug-likeness (QED) is 0.258. The molecule has 3 aromatic rings. The molecule has 0 spiro atoms. The van der Waals surface area contributed by atoms with Crippen LogP contribution in [-0.4, -0.2) is 67.5 Å². The SMILES string of the molecule is CC(C)N(CCCNC(=O)Nc1ccc(C(C)(C)C)cc1)CC1=C(O)C(O)[C@H](n2ccc3c(N)ncnc32)O1. The maximum Gasteiger partial charge on any atom is 0.319 e. The van der Waals surface area contributed by atoms with E-state index in [1.807, 2.05) is 38.1 Å². The van der Waals surface area contributed by atoms with Gasteiger partial charge in [-0.1, -0.05) is 32.9 Å². The molecular formula is C28H39N7O4. The van der Waals surface area contributed by atoms with Crippen molar-refractivity contribution < 1.29 is 19.7 Å². The number of ether oxygens (including phenoxy) is 1. The Morgan fingerprint density at radius 3 is 2.59 bits per heavy atom. The minimum atomic E-state index is -1.25. The van der Waals surface area contributed by atoms with Gasteiger partial charge in [0.1, 0.15) is 17.8 Å². The number of aromatic nitrogens is 3. The molecule has 0 saturated carbocycles. The highest BCUT2D eigenvalue weighted by Crippen LogP contribution is 2.34. The Morgan fingerprint density at radius 2 is 1.92 bits per heavy atom. The van der Waals surface area contributed by atoms with Crippen molar-refractivity contribution >= 4 is 28.6 Å². The van der Waals surface area contributed by atoms with Crippen molar-refractivity contribution in [2.75, 3.05) is 30.7 Å². The van der Waals surface area contributed by atoms with Gasteiger partial charge in [-0.3, -0.25) is 9.47 Å². The number of aliphatic hydroxyl groups is 2. The van der Waals surface area contributed by atoms with Gasteiger partial charge in [-0.25, -0.2) is 14.8 Å². The van der Waals surface area contributed by atoms with Crippen LogP contribution in [0, 0.1) is 0 Å². The molecule has 4 rings (SSSR count). The minimum absolute atomic E-state index is 0.0541. The summed E-state index contributed by atoms with van der Waals surface area (Å²) >= 11 is 0. The number of urea groups is 1. The zero-order valence-corrected chi connectivity index (χ0v) is 23.2. The number of fused-ring (bicyclic) bond motifs is 1. The summed E-state index contributed by atoms with van der Waals surface area (Å²) < 4.78 is 7.66. The predicted octanol–water partition coefficient (Wildman–Crippen LogP) is 3.89. The van der Waals surface area contributed by atoms with Crippen molar-refractivity contribution in [2.24, 2.45) is 0 Å². The summed E-state index contributed by atoms with van der Waals surface area (Å²) in [4.78, 5) is 22.7. The van der Waals surface area contributed by atoms with Crippen molar-refractivity contribution in [3.63, 3.8) is 0 Å². The molecule has 39 heavy (non-hydrogen) atoms. The first kappa shape index (κ1) is 28.2. The average Bonchev–Trinajstić information content (AvgIpc) is 3.42. The van der Waals surface area contributed by atoms with E-state index in [2.05, 4.69) is 46.3 Å². The summed E-state index contributed by atoms with van der Waals surface area (Å²) in [5.74, 6) is 0.425. The highest BCUT2D eigenvalue weighted by molar-refractivity contribution is 5.89. The lowest BCUT2D eigenvalue weighted by molar-refractivity contribution is -0.0106. The molecule has 0 aliphatic carbocycles. The number of nitrogens with two attached hydrogens (primary N) is 1. The fourth-order valence-electron chi connectivity index (χ4n) is 4.51. The zero-order chi connectivity index (χ0) is 28.3. The number of hydrogen-bond donors (Lipinski definition) is 5. The summed E-state index contributed by atoms with van der Waals surface area (Å²) in [5.41, 5.74) is 8.43. The van der Waals surface area contributed by atoms with E-state index in [0.717, 1.165) is 5.69 Å². The monoisotopic (exact) mass is 537 g/mol. The topological polar surface area (TPSA) is 151 Å². The molecule has 2 aromatic heterocycles. The van der Waals surface area contributed by atoms with Crippen molar-refractivity contribution in [1.82, 2.24) is 24.8 Å². The van der Waals surface area contributed by atoms with Crippen molar-refractivity contribution in [3.05, 3.63) is 59.9 Å².